The highest BCUT2D eigenvalue weighted by molar-refractivity contribution is 4.86. The van der Waals surface area contributed by atoms with Crippen LogP contribution in [0.1, 0.15) is 32.6 Å². The molecule has 0 unspecified atom stereocenters. The van der Waals surface area contributed by atoms with Crippen molar-refractivity contribution >= 4 is 0 Å². The first-order chi connectivity index (χ1) is 7.58. The van der Waals surface area contributed by atoms with Crippen molar-refractivity contribution in [2.75, 3.05) is 33.2 Å². The number of piperidine rings is 1. The lowest BCUT2D eigenvalue weighted by atomic mass is 9.75. The van der Waals surface area contributed by atoms with Gasteiger partial charge in [-0.05, 0) is 44.8 Å². The maximum atomic E-state index is 12.3. The van der Waals surface area contributed by atoms with Gasteiger partial charge in [-0.2, -0.15) is 0 Å². The third kappa shape index (κ3) is 4.34. The van der Waals surface area contributed by atoms with Gasteiger partial charge in [0.05, 0.1) is 6.54 Å². The van der Waals surface area contributed by atoms with Crippen molar-refractivity contribution < 1.29 is 8.78 Å². The molecule has 1 fully saturated rings. The van der Waals surface area contributed by atoms with E-state index in [1.54, 1.807) is 4.90 Å². The van der Waals surface area contributed by atoms with Crippen molar-refractivity contribution in [3.8, 4) is 0 Å². The fourth-order valence-electron chi connectivity index (χ4n) is 2.85. The zero-order valence-electron chi connectivity index (χ0n) is 10.4. The average molecular weight is 234 g/mol. The van der Waals surface area contributed by atoms with E-state index in [4.69, 9.17) is 0 Å². The molecule has 16 heavy (non-hydrogen) atoms. The summed E-state index contributed by atoms with van der Waals surface area (Å²) >= 11 is 0. The van der Waals surface area contributed by atoms with E-state index in [1.807, 2.05) is 7.05 Å². The first-order valence-corrected chi connectivity index (χ1v) is 6.25. The van der Waals surface area contributed by atoms with Crippen LogP contribution in [0.2, 0.25) is 0 Å². The fourth-order valence-corrected chi connectivity index (χ4v) is 2.85. The number of hydrogen-bond donors (Lipinski definition) is 1. The standard InChI is InChI=1S/C12H24F2N2/c1-3-4-12(5-7-15-8-6-12)10-16(2)9-11(13)14/h11,15H,3-10H2,1-2H3. The Bertz CT molecular complexity index is 186. The van der Waals surface area contributed by atoms with Crippen molar-refractivity contribution in [3.05, 3.63) is 0 Å². The Kier molecular flexibility index (Phi) is 5.62. The Morgan fingerprint density at radius 3 is 2.44 bits per heavy atom. The van der Waals surface area contributed by atoms with Gasteiger partial charge in [0.1, 0.15) is 0 Å². The Hall–Kier alpha value is -0.220. The van der Waals surface area contributed by atoms with E-state index in [0.717, 1.165) is 45.3 Å². The summed E-state index contributed by atoms with van der Waals surface area (Å²) in [7, 11) is 1.81. The normalized spacial score (nSPS) is 20.6. The minimum Gasteiger partial charge on any atom is -0.317 e. The second kappa shape index (κ2) is 6.50. The van der Waals surface area contributed by atoms with Gasteiger partial charge in [-0.1, -0.05) is 13.3 Å². The summed E-state index contributed by atoms with van der Waals surface area (Å²) in [6.45, 7) is 4.95. The molecule has 0 spiro atoms. The molecule has 2 nitrogen and oxygen atoms in total. The molecule has 0 aromatic rings. The molecular formula is C12H24F2N2. The van der Waals surface area contributed by atoms with Crippen LogP contribution in [0.5, 0.6) is 0 Å². The molecule has 96 valence electrons. The molecule has 0 aliphatic carbocycles. The molecule has 0 bridgehead atoms. The van der Waals surface area contributed by atoms with E-state index in [1.165, 1.54) is 0 Å². The molecule has 1 N–H and O–H groups in total. The maximum absolute atomic E-state index is 12.3. The number of nitrogens with zero attached hydrogens (tertiary/aromatic N) is 1. The number of alkyl halides is 2. The summed E-state index contributed by atoms with van der Waals surface area (Å²) < 4.78 is 24.6. The molecule has 0 aromatic heterocycles. The molecule has 0 radical (unpaired) electrons. The topological polar surface area (TPSA) is 15.3 Å². The van der Waals surface area contributed by atoms with Crippen molar-refractivity contribution in [1.82, 2.24) is 10.2 Å². The molecule has 1 rings (SSSR count). The van der Waals surface area contributed by atoms with Gasteiger partial charge in [0, 0.05) is 6.54 Å². The van der Waals surface area contributed by atoms with E-state index in [0.29, 0.717) is 0 Å². The minimum absolute atomic E-state index is 0.0983. The van der Waals surface area contributed by atoms with Crippen LogP contribution >= 0.6 is 0 Å². The fraction of sp³-hybridized carbons (Fsp3) is 1.00. The number of nitrogens with one attached hydrogen (secondary N) is 1. The second-order valence-electron chi connectivity index (χ2n) is 5.09. The van der Waals surface area contributed by atoms with E-state index in [-0.39, 0.29) is 12.0 Å². The highest BCUT2D eigenvalue weighted by atomic mass is 19.3. The molecular weight excluding hydrogens is 210 g/mol. The van der Waals surface area contributed by atoms with Gasteiger partial charge in [0.2, 0.25) is 0 Å². The molecule has 0 saturated carbocycles. The molecule has 1 heterocycles. The summed E-state index contributed by atoms with van der Waals surface area (Å²) in [6, 6.07) is 0. The zero-order valence-corrected chi connectivity index (χ0v) is 10.4. The summed E-state index contributed by atoms with van der Waals surface area (Å²) in [6.07, 6.45) is 2.32. The third-order valence-corrected chi connectivity index (χ3v) is 3.50. The lowest BCUT2D eigenvalue weighted by molar-refractivity contribution is 0.0590. The second-order valence-corrected chi connectivity index (χ2v) is 5.09. The van der Waals surface area contributed by atoms with Crippen LogP contribution in [0.3, 0.4) is 0 Å². The van der Waals surface area contributed by atoms with Crippen LogP contribution in [0.4, 0.5) is 8.78 Å². The highest BCUT2D eigenvalue weighted by Gasteiger charge is 2.32. The van der Waals surface area contributed by atoms with Crippen LogP contribution in [0.15, 0.2) is 0 Å². The number of hydrogen-bond acceptors (Lipinski definition) is 2. The monoisotopic (exact) mass is 234 g/mol. The van der Waals surface area contributed by atoms with Gasteiger partial charge in [-0.25, -0.2) is 8.78 Å². The first-order valence-electron chi connectivity index (χ1n) is 6.25. The maximum Gasteiger partial charge on any atom is 0.251 e. The van der Waals surface area contributed by atoms with Gasteiger partial charge in [0.15, 0.2) is 0 Å². The van der Waals surface area contributed by atoms with Gasteiger partial charge >= 0.3 is 0 Å². The predicted molar refractivity (Wildman–Crippen MR) is 62.9 cm³/mol. The molecule has 0 aromatic carbocycles. The lowest BCUT2D eigenvalue weighted by Crippen LogP contribution is -2.44. The van der Waals surface area contributed by atoms with E-state index >= 15 is 0 Å². The van der Waals surface area contributed by atoms with Gasteiger partial charge in [0.25, 0.3) is 6.43 Å². The number of halogens is 2. The van der Waals surface area contributed by atoms with E-state index < -0.39 is 6.43 Å². The van der Waals surface area contributed by atoms with Crippen molar-refractivity contribution in [2.45, 2.75) is 39.0 Å². The Morgan fingerprint density at radius 2 is 1.94 bits per heavy atom. The lowest BCUT2D eigenvalue weighted by Gasteiger charge is -2.40. The predicted octanol–water partition coefficient (Wildman–Crippen LogP) is 2.35. The zero-order chi connectivity index (χ0) is 12.0. The summed E-state index contributed by atoms with van der Waals surface area (Å²) in [5.74, 6) is 0. The summed E-state index contributed by atoms with van der Waals surface area (Å²) in [5, 5.41) is 3.35. The summed E-state index contributed by atoms with van der Waals surface area (Å²) in [5.41, 5.74) is 0.267. The van der Waals surface area contributed by atoms with E-state index in [2.05, 4.69) is 12.2 Å². The van der Waals surface area contributed by atoms with Gasteiger partial charge in [-0.15, -0.1) is 0 Å². The number of rotatable bonds is 6. The Balaban J connectivity index is 2.48. The molecule has 0 amide bonds. The van der Waals surface area contributed by atoms with Crippen molar-refractivity contribution in [3.63, 3.8) is 0 Å². The smallest absolute Gasteiger partial charge is 0.251 e. The van der Waals surface area contributed by atoms with Crippen LogP contribution in [-0.4, -0.2) is 44.6 Å². The third-order valence-electron chi connectivity index (χ3n) is 3.50. The quantitative estimate of drug-likeness (QED) is 0.759. The van der Waals surface area contributed by atoms with E-state index in [9.17, 15) is 8.78 Å². The molecule has 1 saturated heterocycles. The molecule has 1 aliphatic heterocycles. The Labute approximate surface area is 97.4 Å². The average Bonchev–Trinajstić information content (AvgIpc) is 2.17. The first kappa shape index (κ1) is 13.8. The summed E-state index contributed by atoms with van der Waals surface area (Å²) in [4.78, 5) is 1.80. The largest absolute Gasteiger partial charge is 0.317 e. The van der Waals surface area contributed by atoms with Crippen LogP contribution < -0.4 is 5.32 Å². The van der Waals surface area contributed by atoms with Crippen LogP contribution in [0.25, 0.3) is 0 Å². The minimum atomic E-state index is -2.22. The van der Waals surface area contributed by atoms with Crippen molar-refractivity contribution in [1.29, 1.82) is 0 Å². The van der Waals surface area contributed by atoms with Gasteiger partial charge in [-0.3, -0.25) is 0 Å². The van der Waals surface area contributed by atoms with Crippen LogP contribution in [-0.2, 0) is 0 Å². The Morgan fingerprint density at radius 1 is 1.31 bits per heavy atom. The van der Waals surface area contributed by atoms with Gasteiger partial charge < -0.3 is 10.2 Å². The molecule has 0 atom stereocenters. The molecule has 1 aliphatic rings. The highest BCUT2D eigenvalue weighted by Crippen LogP contribution is 2.34. The van der Waals surface area contributed by atoms with Crippen LogP contribution in [0, 0.1) is 5.41 Å². The molecule has 4 heteroatoms. The SMILES string of the molecule is CCCC1(CN(C)CC(F)F)CCNCC1. The van der Waals surface area contributed by atoms with Crippen molar-refractivity contribution in [2.24, 2.45) is 5.41 Å².